The van der Waals surface area contributed by atoms with E-state index in [4.69, 9.17) is 32.7 Å². The van der Waals surface area contributed by atoms with Gasteiger partial charge in [-0.2, -0.15) is 0 Å². The summed E-state index contributed by atoms with van der Waals surface area (Å²) in [5, 5.41) is 4.72. The van der Waals surface area contributed by atoms with E-state index in [1.807, 2.05) is 25.1 Å². The molecule has 0 unspecified atom stereocenters. The van der Waals surface area contributed by atoms with Gasteiger partial charge in [-0.1, -0.05) is 23.2 Å². The molecule has 0 aliphatic heterocycles. The lowest BCUT2D eigenvalue weighted by molar-refractivity contribution is 0.102. The van der Waals surface area contributed by atoms with Gasteiger partial charge in [0.15, 0.2) is 0 Å². The Kier molecular flexibility index (Phi) is 6.02. The molecule has 31 heavy (non-hydrogen) atoms. The predicted molar refractivity (Wildman–Crippen MR) is 124 cm³/mol. The summed E-state index contributed by atoms with van der Waals surface area (Å²) < 4.78 is 10.9. The molecule has 2 aromatic heterocycles. The minimum atomic E-state index is -0.269. The van der Waals surface area contributed by atoms with E-state index in [-0.39, 0.29) is 5.91 Å². The Bertz CT molecular complexity index is 1210. The second-order valence-corrected chi connectivity index (χ2v) is 7.54. The first-order valence-electron chi connectivity index (χ1n) is 9.55. The van der Waals surface area contributed by atoms with Gasteiger partial charge in [0.1, 0.15) is 5.75 Å². The van der Waals surface area contributed by atoms with Crippen LogP contribution in [0, 0.1) is 0 Å². The number of pyridine rings is 1. The van der Waals surface area contributed by atoms with Crippen LogP contribution in [0.15, 0.2) is 54.7 Å². The van der Waals surface area contributed by atoms with Gasteiger partial charge in [0.05, 0.1) is 41.3 Å². The number of anilines is 1. The maximum atomic E-state index is 12.7. The third kappa shape index (κ3) is 4.45. The van der Waals surface area contributed by atoms with Crippen molar-refractivity contribution in [3.63, 3.8) is 0 Å². The van der Waals surface area contributed by atoms with E-state index in [1.165, 1.54) is 13.3 Å². The number of carbonyl (C=O) groups excluding carboxylic acids is 1. The normalized spacial score (nSPS) is 10.8. The summed E-state index contributed by atoms with van der Waals surface area (Å²) in [6, 6.07) is 14.3. The van der Waals surface area contributed by atoms with Gasteiger partial charge in [0, 0.05) is 28.1 Å². The Balaban J connectivity index is 1.65. The van der Waals surface area contributed by atoms with E-state index in [0.717, 1.165) is 22.2 Å². The number of halogens is 2. The number of benzene rings is 2. The average Bonchev–Trinajstić information content (AvgIpc) is 3.17. The maximum Gasteiger partial charge on any atom is 0.255 e. The summed E-state index contributed by atoms with van der Waals surface area (Å²) >= 11 is 12.3. The molecule has 4 rings (SSSR count). The van der Waals surface area contributed by atoms with E-state index in [9.17, 15) is 4.79 Å². The Morgan fingerprint density at radius 2 is 1.90 bits per heavy atom. The molecule has 2 aromatic carbocycles. The highest BCUT2D eigenvalue weighted by atomic mass is 35.5. The summed E-state index contributed by atoms with van der Waals surface area (Å²) in [6.45, 7) is 2.35. The van der Waals surface area contributed by atoms with Gasteiger partial charge < -0.3 is 19.8 Å². The number of carbonyl (C=O) groups is 1. The molecule has 0 saturated carbocycles. The van der Waals surface area contributed by atoms with E-state index >= 15 is 0 Å². The molecule has 0 bridgehead atoms. The van der Waals surface area contributed by atoms with Crippen LogP contribution in [-0.2, 0) is 0 Å². The van der Waals surface area contributed by atoms with E-state index in [2.05, 4.69) is 15.3 Å². The Morgan fingerprint density at radius 3 is 2.61 bits per heavy atom. The molecule has 0 saturated heterocycles. The monoisotopic (exact) mass is 455 g/mol. The van der Waals surface area contributed by atoms with E-state index < -0.39 is 0 Å². The van der Waals surface area contributed by atoms with Crippen LogP contribution in [0.3, 0.4) is 0 Å². The predicted octanol–water partition coefficient (Wildman–Crippen LogP) is 6.20. The fourth-order valence-corrected chi connectivity index (χ4v) is 3.55. The number of nitrogens with one attached hydrogen (secondary N) is 2. The minimum Gasteiger partial charge on any atom is -0.493 e. The average molecular weight is 456 g/mol. The van der Waals surface area contributed by atoms with Crippen molar-refractivity contribution in [2.75, 3.05) is 19.0 Å². The lowest BCUT2D eigenvalue weighted by Crippen LogP contribution is -2.12. The number of amides is 1. The number of hydrogen-bond donors (Lipinski definition) is 2. The first kappa shape index (κ1) is 21.0. The molecule has 158 valence electrons. The number of aromatic nitrogens is 2. The Labute approximate surface area is 189 Å². The van der Waals surface area contributed by atoms with Crippen LogP contribution in [0.1, 0.15) is 17.3 Å². The van der Waals surface area contributed by atoms with Gasteiger partial charge in [-0.3, -0.25) is 4.79 Å². The molecule has 2 N–H and O–H groups in total. The molecule has 0 atom stereocenters. The van der Waals surface area contributed by atoms with Crippen LogP contribution in [0.4, 0.5) is 5.69 Å². The van der Waals surface area contributed by atoms with Gasteiger partial charge in [-0.15, -0.1) is 0 Å². The fraction of sp³-hybridized carbons (Fsp3) is 0.130. The van der Waals surface area contributed by atoms with Gasteiger partial charge in [0.2, 0.25) is 5.88 Å². The molecule has 6 nitrogen and oxygen atoms in total. The Morgan fingerprint density at radius 1 is 1.10 bits per heavy atom. The second-order valence-electron chi connectivity index (χ2n) is 6.72. The third-order valence-corrected chi connectivity index (χ3v) is 5.42. The fourth-order valence-electron chi connectivity index (χ4n) is 3.21. The van der Waals surface area contributed by atoms with Gasteiger partial charge in [-0.25, -0.2) is 4.98 Å². The highest BCUT2D eigenvalue weighted by molar-refractivity contribution is 6.42. The number of methoxy groups -OCH3 is 1. The summed E-state index contributed by atoms with van der Waals surface area (Å²) in [6.07, 6.45) is 1.54. The van der Waals surface area contributed by atoms with Crippen LogP contribution >= 0.6 is 23.2 Å². The van der Waals surface area contributed by atoms with Crippen LogP contribution in [-0.4, -0.2) is 29.6 Å². The van der Waals surface area contributed by atoms with Crippen LogP contribution in [0.25, 0.3) is 22.2 Å². The topological polar surface area (TPSA) is 76.2 Å². The molecule has 8 heteroatoms. The number of aromatic amines is 1. The molecular weight excluding hydrogens is 437 g/mol. The maximum absolute atomic E-state index is 12.7. The SMILES string of the molecule is CCOc1cc(C(=O)Nc2ccc(OC)nc2)ccc1-c1cc2cc(Cl)c(Cl)cc2[nH]1. The lowest BCUT2D eigenvalue weighted by Gasteiger charge is -2.12. The zero-order chi connectivity index (χ0) is 22.0. The smallest absolute Gasteiger partial charge is 0.255 e. The van der Waals surface area contributed by atoms with Gasteiger partial charge >= 0.3 is 0 Å². The molecule has 0 aliphatic carbocycles. The van der Waals surface area contributed by atoms with E-state index in [0.29, 0.717) is 39.5 Å². The van der Waals surface area contributed by atoms with Crippen molar-refractivity contribution in [1.29, 1.82) is 0 Å². The molecule has 0 fully saturated rings. The molecule has 0 aliphatic rings. The van der Waals surface area contributed by atoms with Crippen LogP contribution < -0.4 is 14.8 Å². The summed E-state index contributed by atoms with van der Waals surface area (Å²) in [5.41, 5.74) is 3.55. The second kappa shape index (κ2) is 8.88. The largest absolute Gasteiger partial charge is 0.493 e. The number of fused-ring (bicyclic) bond motifs is 1. The number of H-pyrrole nitrogens is 1. The quantitative estimate of drug-likeness (QED) is 0.363. The number of ether oxygens (including phenoxy) is 2. The van der Waals surface area contributed by atoms with Gasteiger partial charge in [-0.05, 0) is 49.4 Å². The Hall–Kier alpha value is -3.22. The summed E-state index contributed by atoms with van der Waals surface area (Å²) in [7, 11) is 1.54. The number of rotatable bonds is 6. The first-order valence-corrected chi connectivity index (χ1v) is 10.3. The van der Waals surface area contributed by atoms with Crippen LogP contribution in [0.5, 0.6) is 11.6 Å². The third-order valence-electron chi connectivity index (χ3n) is 4.70. The lowest BCUT2D eigenvalue weighted by atomic mass is 10.1. The standard InChI is InChI=1S/C23H19Cl2N3O3/c1-3-31-21-10-13(23(29)27-15-5-7-22(30-2)26-12-15)4-6-16(21)20-9-14-8-17(24)18(25)11-19(14)28-20/h4-12,28H,3H2,1-2H3,(H,27,29). The van der Waals surface area contributed by atoms with Gasteiger partial charge in [0.25, 0.3) is 5.91 Å². The van der Waals surface area contributed by atoms with Crippen molar-refractivity contribution in [2.24, 2.45) is 0 Å². The van der Waals surface area contributed by atoms with E-state index in [1.54, 1.807) is 30.3 Å². The molecule has 4 aromatic rings. The minimum absolute atomic E-state index is 0.269. The van der Waals surface area contributed by atoms with Crippen molar-refractivity contribution in [3.05, 3.63) is 70.3 Å². The zero-order valence-electron chi connectivity index (χ0n) is 16.8. The molecule has 2 heterocycles. The van der Waals surface area contributed by atoms with Crippen molar-refractivity contribution in [3.8, 4) is 22.9 Å². The van der Waals surface area contributed by atoms with Crippen molar-refractivity contribution >= 4 is 45.7 Å². The van der Waals surface area contributed by atoms with Crippen molar-refractivity contribution in [2.45, 2.75) is 6.92 Å². The van der Waals surface area contributed by atoms with Crippen molar-refractivity contribution < 1.29 is 14.3 Å². The summed E-state index contributed by atoms with van der Waals surface area (Å²) in [4.78, 5) is 20.2. The molecule has 0 spiro atoms. The molecule has 0 radical (unpaired) electrons. The molecule has 1 amide bonds. The highest BCUT2D eigenvalue weighted by Gasteiger charge is 2.15. The first-order chi connectivity index (χ1) is 15.0. The van der Waals surface area contributed by atoms with Crippen LogP contribution in [0.2, 0.25) is 10.0 Å². The van der Waals surface area contributed by atoms with Crippen molar-refractivity contribution in [1.82, 2.24) is 9.97 Å². The number of nitrogens with zero attached hydrogens (tertiary/aromatic N) is 1. The molecular formula is C23H19Cl2N3O3. The highest BCUT2D eigenvalue weighted by Crippen LogP contribution is 2.35. The number of hydrogen-bond acceptors (Lipinski definition) is 4. The summed E-state index contributed by atoms with van der Waals surface area (Å²) in [5.74, 6) is 0.795. The zero-order valence-corrected chi connectivity index (χ0v) is 18.3.